The number of carbonyl (C=O) groups is 1. The van der Waals surface area contributed by atoms with Crippen molar-refractivity contribution in [3.05, 3.63) is 107 Å². The molecule has 1 unspecified atom stereocenters. The van der Waals surface area contributed by atoms with Gasteiger partial charge in [0.25, 0.3) is 0 Å². The maximum atomic E-state index is 14.2. The Hall–Kier alpha value is -4.19. The van der Waals surface area contributed by atoms with E-state index in [1.807, 2.05) is 47.4 Å². The van der Waals surface area contributed by atoms with Crippen molar-refractivity contribution in [2.75, 3.05) is 19.5 Å². The predicted octanol–water partition coefficient (Wildman–Crippen LogP) is 6.51. The molecule has 0 radical (unpaired) electrons. The SMILES string of the molecule is COc1ccc(C2c3cccn3-c3ccccc3CN2C(=O)Nc2cccc3c2CCCC3)cc1OC. The molecule has 0 bridgehead atoms. The van der Waals surface area contributed by atoms with E-state index in [4.69, 9.17) is 9.47 Å². The van der Waals surface area contributed by atoms with Gasteiger partial charge in [0.05, 0.1) is 32.5 Å². The zero-order valence-electron chi connectivity index (χ0n) is 21.2. The summed E-state index contributed by atoms with van der Waals surface area (Å²) < 4.78 is 13.3. The summed E-state index contributed by atoms with van der Waals surface area (Å²) in [5.41, 5.74) is 7.67. The Balaban J connectivity index is 1.47. The number of methoxy groups -OCH3 is 2. The molecule has 6 rings (SSSR count). The first-order valence-corrected chi connectivity index (χ1v) is 12.8. The third-order valence-electron chi connectivity index (χ3n) is 7.59. The molecule has 188 valence electrons. The number of hydrogen-bond acceptors (Lipinski definition) is 3. The van der Waals surface area contributed by atoms with Crippen molar-refractivity contribution < 1.29 is 14.3 Å². The molecule has 0 fully saturated rings. The molecule has 0 spiro atoms. The van der Waals surface area contributed by atoms with Gasteiger partial charge in [-0.2, -0.15) is 0 Å². The van der Waals surface area contributed by atoms with Gasteiger partial charge < -0.3 is 24.3 Å². The van der Waals surface area contributed by atoms with Crippen molar-refractivity contribution in [2.24, 2.45) is 0 Å². The highest BCUT2D eigenvalue weighted by molar-refractivity contribution is 5.91. The van der Waals surface area contributed by atoms with Gasteiger partial charge in [0, 0.05) is 17.6 Å². The molecule has 1 aliphatic carbocycles. The van der Waals surface area contributed by atoms with Crippen LogP contribution in [0, 0.1) is 0 Å². The summed E-state index contributed by atoms with van der Waals surface area (Å²) >= 11 is 0. The van der Waals surface area contributed by atoms with Gasteiger partial charge in [-0.05, 0) is 84.3 Å². The third kappa shape index (κ3) is 4.12. The lowest BCUT2D eigenvalue weighted by Gasteiger charge is -2.32. The number of rotatable bonds is 4. The Kier molecular flexibility index (Phi) is 6.08. The number of nitrogens with one attached hydrogen (secondary N) is 1. The maximum absolute atomic E-state index is 14.2. The van der Waals surface area contributed by atoms with Crippen molar-refractivity contribution in [3.63, 3.8) is 0 Å². The molecule has 3 aromatic carbocycles. The van der Waals surface area contributed by atoms with Gasteiger partial charge in [-0.3, -0.25) is 0 Å². The van der Waals surface area contributed by atoms with E-state index in [0.29, 0.717) is 18.0 Å². The average molecular weight is 494 g/mol. The normalized spacial score (nSPS) is 16.2. The number of benzene rings is 3. The van der Waals surface area contributed by atoms with Crippen LogP contribution in [0.15, 0.2) is 79.0 Å². The van der Waals surface area contributed by atoms with Crippen LogP contribution >= 0.6 is 0 Å². The summed E-state index contributed by atoms with van der Waals surface area (Å²) in [6, 6.07) is 24.1. The highest BCUT2D eigenvalue weighted by Crippen LogP contribution is 2.40. The zero-order chi connectivity index (χ0) is 25.4. The van der Waals surface area contributed by atoms with E-state index < -0.39 is 0 Å². The van der Waals surface area contributed by atoms with Crippen molar-refractivity contribution in [1.82, 2.24) is 9.47 Å². The largest absolute Gasteiger partial charge is 0.493 e. The van der Waals surface area contributed by atoms with Crippen LogP contribution in [0.5, 0.6) is 11.5 Å². The van der Waals surface area contributed by atoms with Crippen molar-refractivity contribution in [3.8, 4) is 17.2 Å². The standard InChI is InChI=1S/C31H31N3O3/c1-36-28-17-16-22(19-29(28)37-2)30-27-15-8-18-33(27)26-14-6-4-10-23(26)20-34(30)31(35)32-25-13-7-11-21-9-3-5-12-24(21)25/h4,6-8,10-11,13-19,30H,3,5,9,12,20H2,1-2H3,(H,32,35). The zero-order valence-corrected chi connectivity index (χ0v) is 21.2. The summed E-state index contributed by atoms with van der Waals surface area (Å²) in [7, 11) is 3.27. The van der Waals surface area contributed by atoms with Gasteiger partial charge in [-0.25, -0.2) is 4.79 Å². The number of aromatic nitrogens is 1. The molecule has 1 aromatic heterocycles. The molecular weight excluding hydrogens is 462 g/mol. The number of para-hydroxylation sites is 1. The van der Waals surface area contributed by atoms with Crippen LogP contribution in [0.4, 0.5) is 10.5 Å². The fraction of sp³-hybridized carbons (Fsp3) is 0.258. The van der Waals surface area contributed by atoms with E-state index in [1.165, 1.54) is 17.5 Å². The van der Waals surface area contributed by atoms with Crippen LogP contribution < -0.4 is 14.8 Å². The maximum Gasteiger partial charge on any atom is 0.322 e. The van der Waals surface area contributed by atoms with Crippen LogP contribution in [0.2, 0.25) is 0 Å². The smallest absolute Gasteiger partial charge is 0.322 e. The van der Waals surface area contributed by atoms with E-state index in [1.54, 1.807) is 14.2 Å². The average Bonchev–Trinajstić information content (AvgIpc) is 3.37. The van der Waals surface area contributed by atoms with Crippen molar-refractivity contribution in [2.45, 2.75) is 38.3 Å². The number of carbonyl (C=O) groups excluding carboxylic acids is 1. The quantitative estimate of drug-likeness (QED) is 0.353. The van der Waals surface area contributed by atoms with E-state index in [-0.39, 0.29) is 12.1 Å². The van der Waals surface area contributed by atoms with E-state index in [2.05, 4.69) is 46.4 Å². The van der Waals surface area contributed by atoms with Crippen molar-refractivity contribution in [1.29, 1.82) is 0 Å². The lowest BCUT2D eigenvalue weighted by Crippen LogP contribution is -2.38. The Morgan fingerprint density at radius 3 is 2.54 bits per heavy atom. The van der Waals surface area contributed by atoms with Crippen LogP contribution in [0.1, 0.15) is 46.8 Å². The van der Waals surface area contributed by atoms with Gasteiger partial charge in [-0.15, -0.1) is 0 Å². The summed E-state index contributed by atoms with van der Waals surface area (Å²) in [6.45, 7) is 0.470. The number of aryl methyl sites for hydroxylation is 1. The first-order valence-electron chi connectivity index (χ1n) is 12.8. The van der Waals surface area contributed by atoms with E-state index in [9.17, 15) is 4.79 Å². The molecule has 1 atom stereocenters. The predicted molar refractivity (Wildman–Crippen MR) is 145 cm³/mol. The Morgan fingerprint density at radius 2 is 1.68 bits per heavy atom. The molecular formula is C31H31N3O3. The molecule has 0 saturated heterocycles. The second-order valence-corrected chi connectivity index (χ2v) is 9.66. The first-order chi connectivity index (χ1) is 18.2. The number of nitrogens with zero attached hydrogens (tertiary/aromatic N) is 2. The topological polar surface area (TPSA) is 55.7 Å². The Labute approximate surface area is 217 Å². The summed E-state index contributed by atoms with van der Waals surface area (Å²) in [5.74, 6) is 1.29. The minimum Gasteiger partial charge on any atom is -0.493 e. The van der Waals surface area contributed by atoms with Gasteiger partial charge >= 0.3 is 6.03 Å². The number of amides is 2. The number of anilines is 1. The van der Waals surface area contributed by atoms with Crippen LogP contribution in [-0.2, 0) is 19.4 Å². The van der Waals surface area contributed by atoms with Gasteiger partial charge in [0.1, 0.15) is 0 Å². The monoisotopic (exact) mass is 493 g/mol. The second kappa shape index (κ2) is 9.69. The molecule has 37 heavy (non-hydrogen) atoms. The molecule has 2 heterocycles. The summed E-state index contributed by atoms with van der Waals surface area (Å²) in [5, 5.41) is 3.29. The Bertz CT molecular complexity index is 1460. The number of ether oxygens (including phenoxy) is 2. The molecule has 6 heteroatoms. The van der Waals surface area contributed by atoms with Gasteiger partial charge in [0.15, 0.2) is 11.5 Å². The van der Waals surface area contributed by atoms with Gasteiger partial charge in [-0.1, -0.05) is 36.4 Å². The fourth-order valence-corrected chi connectivity index (χ4v) is 5.80. The van der Waals surface area contributed by atoms with Crippen LogP contribution in [0.3, 0.4) is 0 Å². The molecule has 4 aromatic rings. The molecule has 0 saturated carbocycles. The fourth-order valence-electron chi connectivity index (χ4n) is 5.80. The second-order valence-electron chi connectivity index (χ2n) is 9.66. The number of urea groups is 1. The van der Waals surface area contributed by atoms with Gasteiger partial charge in [0.2, 0.25) is 0 Å². The molecule has 2 amide bonds. The van der Waals surface area contributed by atoms with E-state index in [0.717, 1.165) is 47.5 Å². The third-order valence-corrected chi connectivity index (χ3v) is 7.59. The van der Waals surface area contributed by atoms with E-state index >= 15 is 0 Å². The highest BCUT2D eigenvalue weighted by atomic mass is 16.5. The number of fused-ring (bicyclic) bond motifs is 4. The molecule has 2 aliphatic rings. The first kappa shape index (κ1) is 23.2. The summed E-state index contributed by atoms with van der Waals surface area (Å²) in [6.07, 6.45) is 6.48. The van der Waals surface area contributed by atoms with Crippen LogP contribution in [0.25, 0.3) is 5.69 Å². The summed E-state index contributed by atoms with van der Waals surface area (Å²) in [4.78, 5) is 16.1. The minimum atomic E-state index is -0.332. The Morgan fingerprint density at radius 1 is 0.865 bits per heavy atom. The molecule has 1 aliphatic heterocycles. The molecule has 1 N–H and O–H groups in total. The lowest BCUT2D eigenvalue weighted by molar-refractivity contribution is 0.194. The number of hydrogen-bond donors (Lipinski definition) is 1. The minimum absolute atomic E-state index is 0.122. The van der Waals surface area contributed by atoms with Crippen molar-refractivity contribution >= 4 is 11.7 Å². The molecule has 6 nitrogen and oxygen atoms in total. The van der Waals surface area contributed by atoms with Crippen LogP contribution in [-0.4, -0.2) is 29.7 Å². The highest BCUT2D eigenvalue weighted by Gasteiger charge is 2.34. The lowest BCUT2D eigenvalue weighted by atomic mass is 9.90.